The second-order valence-electron chi connectivity index (χ2n) is 9.56. The van der Waals surface area contributed by atoms with Gasteiger partial charge in [0.1, 0.15) is 0 Å². The zero-order valence-electron chi connectivity index (χ0n) is 23.9. The Morgan fingerprint density at radius 2 is 0.595 bits per heavy atom. The molecule has 0 spiro atoms. The summed E-state index contributed by atoms with van der Waals surface area (Å²) in [4.78, 5) is 0. The minimum atomic E-state index is 1.01. The van der Waals surface area contributed by atoms with Crippen molar-refractivity contribution in [1.82, 2.24) is 0 Å². The predicted octanol–water partition coefficient (Wildman–Crippen LogP) is 12.2. The molecule has 0 radical (unpaired) electrons. The topological polar surface area (TPSA) is 20.2 Å². The number of hydrogen-bond acceptors (Lipinski definition) is 1. The molecule has 0 heterocycles. The number of hydrogen-bond donors (Lipinski definition) is 1. The van der Waals surface area contributed by atoms with Crippen LogP contribution in [0.5, 0.6) is 0 Å². The van der Waals surface area contributed by atoms with Crippen LogP contribution < -0.4 is 0 Å². The zero-order valence-corrected chi connectivity index (χ0v) is 23.9. The van der Waals surface area contributed by atoms with Crippen LogP contribution in [0.1, 0.15) is 116 Å². The Morgan fingerprint density at radius 3 is 0.919 bits per heavy atom. The van der Waals surface area contributed by atoms with Crippen molar-refractivity contribution >= 4 is 0 Å². The van der Waals surface area contributed by atoms with E-state index in [1.807, 2.05) is 60.8 Å². The molecule has 0 unspecified atom stereocenters. The van der Waals surface area contributed by atoms with Gasteiger partial charge in [0.25, 0.3) is 0 Å². The van der Waals surface area contributed by atoms with Gasteiger partial charge in [0, 0.05) is 0 Å². The fourth-order valence-corrected chi connectivity index (χ4v) is 3.93. The van der Waals surface area contributed by atoms with Crippen LogP contribution in [0.2, 0.25) is 0 Å². The summed E-state index contributed by atoms with van der Waals surface area (Å²) in [6, 6.07) is 0. The number of aliphatic hydroxyl groups is 1. The third kappa shape index (κ3) is 33.5. The van der Waals surface area contributed by atoms with Gasteiger partial charge in [-0.25, -0.2) is 0 Å². The molecular formula is C36H56O. The number of rotatable bonds is 25. The maximum absolute atomic E-state index is 8.49. The van der Waals surface area contributed by atoms with Crippen molar-refractivity contribution in [2.75, 3.05) is 0 Å². The van der Waals surface area contributed by atoms with Crippen LogP contribution in [0.3, 0.4) is 0 Å². The summed E-state index contributed by atoms with van der Waals surface area (Å²) >= 11 is 0. The Balaban J connectivity index is 3.46. The normalized spacial score (nSPS) is 13.4. The quantitative estimate of drug-likeness (QED) is 0.0744. The highest BCUT2D eigenvalue weighted by Gasteiger charge is 1.94. The molecule has 0 fully saturated rings. The predicted molar refractivity (Wildman–Crippen MR) is 169 cm³/mol. The smallest absolute Gasteiger partial charge is 0.0791 e. The Labute approximate surface area is 230 Å². The number of unbranched alkanes of at least 4 members (excludes halogenated alkanes) is 16. The molecule has 0 aromatic rings. The maximum Gasteiger partial charge on any atom is 0.0791 e. The molecule has 1 nitrogen and oxygen atoms in total. The molecule has 0 aliphatic rings. The van der Waals surface area contributed by atoms with Gasteiger partial charge in [0.15, 0.2) is 0 Å². The van der Waals surface area contributed by atoms with E-state index in [2.05, 4.69) is 37.3 Å². The summed E-state index contributed by atoms with van der Waals surface area (Å²) in [5, 5.41) is 8.49. The molecule has 206 valence electrons. The number of aliphatic hydroxyl groups excluding tert-OH is 1. The highest BCUT2D eigenvalue weighted by atomic mass is 16.2. The Kier molecular flexibility index (Phi) is 31.2. The van der Waals surface area contributed by atoms with Crippen molar-refractivity contribution in [3.05, 3.63) is 110 Å². The molecule has 0 aromatic carbocycles. The molecule has 0 aromatic heterocycles. The molecule has 0 amide bonds. The van der Waals surface area contributed by atoms with Gasteiger partial charge in [-0.3, -0.25) is 0 Å². The fraction of sp³-hybridized carbons (Fsp3) is 0.500. The van der Waals surface area contributed by atoms with Crippen LogP contribution in [0.4, 0.5) is 0 Å². The summed E-state index contributed by atoms with van der Waals surface area (Å²) in [7, 11) is 0. The minimum absolute atomic E-state index is 1.01. The van der Waals surface area contributed by atoms with Crippen molar-refractivity contribution in [2.24, 2.45) is 0 Å². The molecule has 0 saturated carbocycles. The van der Waals surface area contributed by atoms with Gasteiger partial charge < -0.3 is 5.11 Å². The van der Waals surface area contributed by atoms with E-state index in [0.717, 1.165) is 6.26 Å². The molecule has 0 rings (SSSR count). The standard InChI is InChI=1S/C36H56O/c1-2-3-4-5-6-7-8-9-10-11-12-13-14-15-16-17-18-19-20-21-22-23-24-25-26-27-28-29-30-31-32-33-34-35-36-37/h19-37H,2-18H2,1H3. The molecule has 0 saturated heterocycles. The lowest BCUT2D eigenvalue weighted by atomic mass is 10.0. The van der Waals surface area contributed by atoms with Crippen molar-refractivity contribution in [1.29, 1.82) is 0 Å². The minimum Gasteiger partial charge on any atom is -0.516 e. The lowest BCUT2D eigenvalue weighted by Crippen LogP contribution is -1.83. The molecule has 1 heteroatoms. The van der Waals surface area contributed by atoms with E-state index in [-0.39, 0.29) is 0 Å². The third-order valence-corrected chi connectivity index (χ3v) is 6.11. The van der Waals surface area contributed by atoms with E-state index in [1.54, 1.807) is 12.2 Å². The first-order chi connectivity index (χ1) is 18.4. The molecule has 0 bridgehead atoms. The maximum atomic E-state index is 8.49. The van der Waals surface area contributed by atoms with Crippen LogP contribution in [0.15, 0.2) is 110 Å². The molecule has 1 N–H and O–H groups in total. The van der Waals surface area contributed by atoms with Crippen LogP contribution in [0, 0.1) is 0 Å². The van der Waals surface area contributed by atoms with Crippen LogP contribution in [0.25, 0.3) is 0 Å². The van der Waals surface area contributed by atoms with Gasteiger partial charge >= 0.3 is 0 Å². The summed E-state index contributed by atoms with van der Waals surface area (Å²) < 4.78 is 0. The van der Waals surface area contributed by atoms with Gasteiger partial charge in [-0.15, -0.1) is 0 Å². The summed E-state index contributed by atoms with van der Waals surface area (Å²) in [5.74, 6) is 0. The summed E-state index contributed by atoms with van der Waals surface area (Å²) in [5.41, 5.74) is 0. The van der Waals surface area contributed by atoms with E-state index in [1.165, 1.54) is 109 Å². The highest BCUT2D eigenvalue weighted by molar-refractivity contribution is 5.21. The first-order valence-electron chi connectivity index (χ1n) is 15.0. The van der Waals surface area contributed by atoms with E-state index in [0.29, 0.717) is 0 Å². The molecule has 37 heavy (non-hydrogen) atoms. The van der Waals surface area contributed by atoms with E-state index in [4.69, 9.17) is 5.11 Å². The van der Waals surface area contributed by atoms with Gasteiger partial charge in [-0.1, -0.05) is 200 Å². The SMILES string of the molecule is CCCCCCCCCCCCCCCCCCC=CC=CC=CC=CC=CC=CC=CC=CC=CO. The zero-order chi connectivity index (χ0) is 26.7. The molecular weight excluding hydrogens is 448 g/mol. The fourth-order valence-electron chi connectivity index (χ4n) is 3.93. The van der Waals surface area contributed by atoms with E-state index < -0.39 is 0 Å². The monoisotopic (exact) mass is 504 g/mol. The highest BCUT2D eigenvalue weighted by Crippen LogP contribution is 2.14. The van der Waals surface area contributed by atoms with Gasteiger partial charge in [-0.05, 0) is 18.9 Å². The second-order valence-corrected chi connectivity index (χ2v) is 9.56. The van der Waals surface area contributed by atoms with E-state index in [9.17, 15) is 0 Å². The Hall–Kier alpha value is -2.54. The first-order valence-corrected chi connectivity index (χ1v) is 15.0. The summed E-state index contributed by atoms with van der Waals surface area (Å²) in [6.45, 7) is 2.29. The van der Waals surface area contributed by atoms with Crippen molar-refractivity contribution < 1.29 is 5.11 Å². The largest absolute Gasteiger partial charge is 0.516 e. The van der Waals surface area contributed by atoms with E-state index >= 15 is 0 Å². The van der Waals surface area contributed by atoms with Crippen molar-refractivity contribution in [3.8, 4) is 0 Å². The Morgan fingerprint density at radius 1 is 0.324 bits per heavy atom. The molecule has 0 aliphatic carbocycles. The number of allylic oxidation sites excluding steroid dienone is 17. The third-order valence-electron chi connectivity index (χ3n) is 6.11. The van der Waals surface area contributed by atoms with Gasteiger partial charge in [0.2, 0.25) is 0 Å². The van der Waals surface area contributed by atoms with Crippen LogP contribution in [-0.4, -0.2) is 5.11 Å². The van der Waals surface area contributed by atoms with Crippen LogP contribution >= 0.6 is 0 Å². The lowest BCUT2D eigenvalue weighted by Gasteiger charge is -2.03. The average molecular weight is 505 g/mol. The Bertz CT molecular complexity index is 709. The second kappa shape index (κ2) is 33.5. The summed E-state index contributed by atoms with van der Waals surface area (Å²) in [6.07, 6.45) is 58.7. The molecule has 0 aliphatic heterocycles. The lowest BCUT2D eigenvalue weighted by molar-refractivity contribution is 0.474. The van der Waals surface area contributed by atoms with Crippen molar-refractivity contribution in [3.63, 3.8) is 0 Å². The van der Waals surface area contributed by atoms with Crippen molar-refractivity contribution in [2.45, 2.75) is 116 Å². The average Bonchev–Trinajstić information content (AvgIpc) is 2.91. The first kappa shape index (κ1) is 34.5. The van der Waals surface area contributed by atoms with Crippen LogP contribution in [-0.2, 0) is 0 Å². The molecule has 0 atom stereocenters. The van der Waals surface area contributed by atoms with Gasteiger partial charge in [-0.2, -0.15) is 0 Å². The van der Waals surface area contributed by atoms with Gasteiger partial charge in [0.05, 0.1) is 6.26 Å².